The molecule has 26 heavy (non-hydrogen) atoms. The van der Waals surface area contributed by atoms with Gasteiger partial charge in [0.1, 0.15) is 0 Å². The number of amides is 1. The Morgan fingerprint density at radius 3 is 2.85 bits per heavy atom. The van der Waals surface area contributed by atoms with Crippen molar-refractivity contribution in [1.29, 1.82) is 0 Å². The topological polar surface area (TPSA) is 67.5 Å². The molecule has 1 saturated carbocycles. The highest BCUT2D eigenvalue weighted by Crippen LogP contribution is 2.21. The van der Waals surface area contributed by atoms with Crippen LogP contribution in [0.25, 0.3) is 11.1 Å². The standard InChI is InChI=1S/C20H29N3O3/c1-22(16-8-3-2-4-9-16)14-7-13-21-19(24)12-15-23-17-10-5-6-11-18(17)26-20(23)25/h5-6,10-11,16H,2-4,7-9,12-15H2,1H3,(H,21,24). The number of benzene rings is 1. The molecule has 6 heteroatoms. The number of fused-ring (bicyclic) bond motifs is 1. The van der Waals surface area contributed by atoms with Crippen molar-refractivity contribution in [3.63, 3.8) is 0 Å². The van der Waals surface area contributed by atoms with E-state index < -0.39 is 5.76 Å². The van der Waals surface area contributed by atoms with Crippen LogP contribution in [0.4, 0.5) is 0 Å². The van der Waals surface area contributed by atoms with Crippen molar-refractivity contribution < 1.29 is 9.21 Å². The molecule has 0 aliphatic heterocycles. The molecule has 1 fully saturated rings. The SMILES string of the molecule is CN(CCCNC(=O)CCn1c(=O)oc2ccccc21)C1CCCCC1. The molecule has 6 nitrogen and oxygen atoms in total. The molecule has 1 N–H and O–H groups in total. The third kappa shape index (κ3) is 4.75. The number of para-hydroxylation sites is 2. The van der Waals surface area contributed by atoms with Gasteiger partial charge in [0.15, 0.2) is 5.58 Å². The Bertz CT molecular complexity index is 774. The molecule has 0 saturated heterocycles. The van der Waals surface area contributed by atoms with Crippen molar-refractivity contribution in [3.8, 4) is 0 Å². The lowest BCUT2D eigenvalue weighted by Crippen LogP contribution is -2.36. The quantitative estimate of drug-likeness (QED) is 0.736. The molecule has 1 aliphatic carbocycles. The number of carbonyl (C=O) groups excluding carboxylic acids is 1. The van der Waals surface area contributed by atoms with E-state index in [1.54, 1.807) is 6.07 Å². The van der Waals surface area contributed by atoms with Crippen LogP contribution in [0.1, 0.15) is 44.9 Å². The molecule has 0 bridgehead atoms. The van der Waals surface area contributed by atoms with Gasteiger partial charge in [0, 0.05) is 25.6 Å². The Morgan fingerprint density at radius 2 is 2.04 bits per heavy atom. The Balaban J connectivity index is 1.38. The largest absolute Gasteiger partial charge is 0.419 e. The van der Waals surface area contributed by atoms with Gasteiger partial charge in [-0.15, -0.1) is 0 Å². The van der Waals surface area contributed by atoms with Gasteiger partial charge in [-0.3, -0.25) is 9.36 Å². The second kappa shape index (κ2) is 9.03. The summed E-state index contributed by atoms with van der Waals surface area (Å²) in [6.45, 7) is 2.03. The van der Waals surface area contributed by atoms with Gasteiger partial charge in [-0.1, -0.05) is 31.4 Å². The number of hydrogen-bond donors (Lipinski definition) is 1. The van der Waals surface area contributed by atoms with Gasteiger partial charge in [0.2, 0.25) is 5.91 Å². The van der Waals surface area contributed by atoms with Crippen molar-refractivity contribution in [3.05, 3.63) is 34.8 Å². The zero-order chi connectivity index (χ0) is 18.4. The normalized spacial score (nSPS) is 15.6. The second-order valence-electron chi connectivity index (χ2n) is 7.21. The summed E-state index contributed by atoms with van der Waals surface area (Å²) in [5.74, 6) is -0.435. The van der Waals surface area contributed by atoms with Crippen LogP contribution in [0.15, 0.2) is 33.5 Å². The molecule has 1 aromatic carbocycles. The number of hydrogen-bond acceptors (Lipinski definition) is 4. The van der Waals surface area contributed by atoms with E-state index in [1.165, 1.54) is 36.7 Å². The summed E-state index contributed by atoms with van der Waals surface area (Å²) < 4.78 is 6.70. The van der Waals surface area contributed by atoms with Crippen LogP contribution in [0.2, 0.25) is 0 Å². The summed E-state index contributed by atoms with van der Waals surface area (Å²) in [6.07, 6.45) is 7.89. The molecule has 0 unspecified atom stereocenters. The summed E-state index contributed by atoms with van der Waals surface area (Å²) in [4.78, 5) is 26.4. The molecular formula is C20H29N3O3. The third-order valence-corrected chi connectivity index (χ3v) is 5.34. The van der Waals surface area contributed by atoms with Crippen LogP contribution in [0, 0.1) is 0 Å². The van der Waals surface area contributed by atoms with Gasteiger partial charge in [-0.2, -0.15) is 0 Å². The summed E-state index contributed by atoms with van der Waals surface area (Å²) in [5.41, 5.74) is 1.29. The first-order chi connectivity index (χ1) is 12.6. The number of nitrogens with zero attached hydrogens (tertiary/aromatic N) is 2. The lowest BCUT2D eigenvalue weighted by atomic mass is 9.94. The maximum Gasteiger partial charge on any atom is 0.419 e. The maximum absolute atomic E-state index is 12.1. The zero-order valence-electron chi connectivity index (χ0n) is 15.6. The number of nitrogens with one attached hydrogen (secondary N) is 1. The predicted molar refractivity (Wildman–Crippen MR) is 102 cm³/mol. The van der Waals surface area contributed by atoms with Gasteiger partial charge in [-0.25, -0.2) is 4.79 Å². The fraction of sp³-hybridized carbons (Fsp3) is 0.600. The summed E-state index contributed by atoms with van der Waals surface area (Å²) in [6, 6.07) is 7.99. The van der Waals surface area contributed by atoms with Crippen molar-refractivity contribution >= 4 is 17.0 Å². The first-order valence-corrected chi connectivity index (χ1v) is 9.70. The van der Waals surface area contributed by atoms with E-state index in [-0.39, 0.29) is 12.3 Å². The van der Waals surface area contributed by atoms with Gasteiger partial charge in [0.25, 0.3) is 0 Å². The van der Waals surface area contributed by atoms with Crippen molar-refractivity contribution in [2.75, 3.05) is 20.1 Å². The van der Waals surface area contributed by atoms with Crippen LogP contribution in [0.3, 0.4) is 0 Å². The Kier molecular flexibility index (Phi) is 6.50. The lowest BCUT2D eigenvalue weighted by Gasteiger charge is -2.31. The fourth-order valence-electron chi connectivity index (χ4n) is 3.79. The van der Waals surface area contributed by atoms with Crippen molar-refractivity contribution in [2.45, 2.75) is 57.5 Å². The lowest BCUT2D eigenvalue weighted by molar-refractivity contribution is -0.121. The molecule has 0 radical (unpaired) electrons. The average molecular weight is 359 g/mol. The molecule has 0 atom stereocenters. The van der Waals surface area contributed by atoms with E-state index in [9.17, 15) is 9.59 Å². The molecule has 3 rings (SSSR count). The van der Waals surface area contributed by atoms with E-state index in [1.807, 2.05) is 18.2 Å². The van der Waals surface area contributed by atoms with Crippen LogP contribution in [-0.4, -0.2) is 41.6 Å². The number of oxazole rings is 1. The minimum absolute atomic E-state index is 0.0255. The Labute approximate surface area is 154 Å². The minimum Gasteiger partial charge on any atom is -0.408 e. The average Bonchev–Trinajstić information content (AvgIpc) is 2.99. The number of aromatic nitrogens is 1. The van der Waals surface area contributed by atoms with Crippen LogP contribution in [-0.2, 0) is 11.3 Å². The van der Waals surface area contributed by atoms with Crippen LogP contribution < -0.4 is 11.1 Å². The summed E-state index contributed by atoms with van der Waals surface area (Å²) in [7, 11) is 2.19. The van der Waals surface area contributed by atoms with Crippen LogP contribution in [0.5, 0.6) is 0 Å². The molecule has 1 heterocycles. The molecule has 2 aromatic rings. The molecular weight excluding hydrogens is 330 g/mol. The second-order valence-corrected chi connectivity index (χ2v) is 7.21. The van der Waals surface area contributed by atoms with Gasteiger partial charge < -0.3 is 14.6 Å². The summed E-state index contributed by atoms with van der Waals surface area (Å²) >= 11 is 0. The van der Waals surface area contributed by atoms with Gasteiger partial charge in [-0.05, 0) is 45.0 Å². The molecule has 1 aromatic heterocycles. The third-order valence-electron chi connectivity index (χ3n) is 5.34. The van der Waals surface area contributed by atoms with E-state index >= 15 is 0 Å². The van der Waals surface area contributed by atoms with Gasteiger partial charge >= 0.3 is 5.76 Å². The number of aryl methyl sites for hydroxylation is 1. The molecule has 0 spiro atoms. The predicted octanol–water partition coefficient (Wildman–Crippen LogP) is 2.76. The van der Waals surface area contributed by atoms with Crippen LogP contribution >= 0.6 is 0 Å². The smallest absolute Gasteiger partial charge is 0.408 e. The highest BCUT2D eigenvalue weighted by Gasteiger charge is 2.17. The Hall–Kier alpha value is -2.08. The maximum atomic E-state index is 12.1. The summed E-state index contributed by atoms with van der Waals surface area (Å²) in [5, 5.41) is 2.96. The van der Waals surface area contributed by atoms with Crippen molar-refractivity contribution in [2.24, 2.45) is 0 Å². The highest BCUT2D eigenvalue weighted by atomic mass is 16.4. The molecule has 1 aliphatic rings. The van der Waals surface area contributed by atoms with E-state index in [2.05, 4.69) is 17.3 Å². The van der Waals surface area contributed by atoms with E-state index in [0.717, 1.165) is 18.5 Å². The van der Waals surface area contributed by atoms with Gasteiger partial charge in [0.05, 0.1) is 5.52 Å². The first kappa shape index (κ1) is 18.7. The fourth-order valence-corrected chi connectivity index (χ4v) is 3.79. The minimum atomic E-state index is -0.409. The first-order valence-electron chi connectivity index (χ1n) is 9.70. The Morgan fingerprint density at radius 1 is 1.27 bits per heavy atom. The zero-order valence-corrected chi connectivity index (χ0v) is 15.6. The van der Waals surface area contributed by atoms with Crippen molar-refractivity contribution in [1.82, 2.24) is 14.8 Å². The monoisotopic (exact) mass is 359 g/mol. The number of rotatable bonds is 8. The van der Waals surface area contributed by atoms with E-state index in [4.69, 9.17) is 4.42 Å². The van der Waals surface area contributed by atoms with E-state index in [0.29, 0.717) is 24.7 Å². The molecule has 1 amide bonds. The molecule has 142 valence electrons. The number of carbonyl (C=O) groups is 1. The highest BCUT2D eigenvalue weighted by molar-refractivity contribution is 5.76.